The quantitative estimate of drug-likeness (QED) is 0.483. The zero-order valence-corrected chi connectivity index (χ0v) is 16.0. The predicted octanol–water partition coefficient (Wildman–Crippen LogP) is 2.74. The third-order valence-electron chi connectivity index (χ3n) is 4.60. The molecule has 150 valence electrons. The number of carbonyl (C=O) groups excluding carboxylic acids is 2. The summed E-state index contributed by atoms with van der Waals surface area (Å²) in [6.45, 7) is 3.09. The van der Waals surface area contributed by atoms with E-state index in [0.29, 0.717) is 19.7 Å². The molecule has 7 heteroatoms. The topological polar surface area (TPSA) is 85.9 Å². The molecule has 1 aromatic rings. The van der Waals surface area contributed by atoms with Gasteiger partial charge in [0.15, 0.2) is 0 Å². The molecule has 2 amide bonds. The van der Waals surface area contributed by atoms with E-state index < -0.39 is 11.7 Å². The number of rotatable bonds is 10. The van der Waals surface area contributed by atoms with E-state index in [1.807, 2.05) is 30.3 Å². The molecule has 1 fully saturated rings. The van der Waals surface area contributed by atoms with Crippen LogP contribution in [0.2, 0.25) is 0 Å². The number of amides is 2. The molecule has 0 aromatic heterocycles. The molecular weight excluding hydrogens is 348 g/mol. The lowest BCUT2D eigenvalue weighted by atomic mass is 9.84. The molecule has 0 heterocycles. The second kappa shape index (κ2) is 11.6. The van der Waals surface area contributed by atoms with E-state index in [4.69, 9.17) is 14.2 Å². The van der Waals surface area contributed by atoms with Gasteiger partial charge in [-0.1, -0.05) is 49.6 Å². The van der Waals surface area contributed by atoms with Gasteiger partial charge in [0, 0.05) is 13.5 Å². The molecule has 0 atom stereocenters. The summed E-state index contributed by atoms with van der Waals surface area (Å²) in [7, 11) is 0. The maximum absolute atomic E-state index is 12.0. The lowest BCUT2D eigenvalue weighted by molar-refractivity contribution is -0.153. The Labute approximate surface area is 160 Å². The molecule has 27 heavy (non-hydrogen) atoms. The van der Waals surface area contributed by atoms with Crippen LogP contribution < -0.4 is 10.6 Å². The van der Waals surface area contributed by atoms with Crippen molar-refractivity contribution in [1.29, 1.82) is 0 Å². The van der Waals surface area contributed by atoms with Gasteiger partial charge >= 0.3 is 6.09 Å². The Kier molecular flexibility index (Phi) is 9.07. The van der Waals surface area contributed by atoms with E-state index in [9.17, 15) is 9.59 Å². The van der Waals surface area contributed by atoms with Crippen molar-refractivity contribution in [2.24, 2.45) is 0 Å². The zero-order valence-electron chi connectivity index (χ0n) is 16.0. The third kappa shape index (κ3) is 8.41. The van der Waals surface area contributed by atoms with Crippen LogP contribution in [-0.4, -0.2) is 44.1 Å². The highest BCUT2D eigenvalue weighted by Crippen LogP contribution is 2.31. The van der Waals surface area contributed by atoms with Gasteiger partial charge in [-0.2, -0.15) is 0 Å². The molecule has 1 aromatic carbocycles. The van der Waals surface area contributed by atoms with Gasteiger partial charge in [-0.15, -0.1) is 0 Å². The van der Waals surface area contributed by atoms with Crippen LogP contribution in [0, 0.1) is 0 Å². The van der Waals surface area contributed by atoms with Crippen LogP contribution >= 0.6 is 0 Å². The Balaban J connectivity index is 1.70. The highest BCUT2D eigenvalue weighted by Gasteiger charge is 2.33. The Hall–Kier alpha value is -2.12. The smallest absolute Gasteiger partial charge is 0.407 e. The monoisotopic (exact) mass is 378 g/mol. The number of nitrogens with one attached hydrogen (secondary N) is 2. The average Bonchev–Trinajstić information content (AvgIpc) is 2.69. The van der Waals surface area contributed by atoms with Crippen molar-refractivity contribution in [3.8, 4) is 0 Å². The predicted molar refractivity (Wildman–Crippen MR) is 101 cm³/mol. The van der Waals surface area contributed by atoms with Gasteiger partial charge in [-0.3, -0.25) is 4.79 Å². The molecule has 1 aliphatic rings. The van der Waals surface area contributed by atoms with Gasteiger partial charge in [-0.05, 0) is 18.4 Å². The van der Waals surface area contributed by atoms with Gasteiger partial charge in [0.05, 0.1) is 18.8 Å². The van der Waals surface area contributed by atoms with Crippen molar-refractivity contribution < 1.29 is 23.8 Å². The number of hydrogen-bond acceptors (Lipinski definition) is 5. The normalized spacial score (nSPS) is 15.7. The molecule has 2 N–H and O–H groups in total. The largest absolute Gasteiger partial charge is 0.445 e. The molecule has 1 aliphatic carbocycles. The first-order valence-electron chi connectivity index (χ1n) is 9.50. The van der Waals surface area contributed by atoms with Crippen molar-refractivity contribution in [2.45, 2.75) is 51.2 Å². The first-order chi connectivity index (χ1) is 13.1. The summed E-state index contributed by atoms with van der Waals surface area (Å²) in [4.78, 5) is 22.8. The van der Waals surface area contributed by atoms with E-state index in [-0.39, 0.29) is 19.3 Å². The minimum atomic E-state index is -0.445. The molecule has 0 spiro atoms. The van der Waals surface area contributed by atoms with Crippen LogP contribution in [0.4, 0.5) is 4.79 Å². The maximum Gasteiger partial charge on any atom is 0.407 e. The molecule has 0 saturated heterocycles. The molecule has 0 radical (unpaired) electrons. The maximum atomic E-state index is 12.0. The molecule has 7 nitrogen and oxygen atoms in total. The Morgan fingerprint density at radius 1 is 1.07 bits per heavy atom. The van der Waals surface area contributed by atoms with E-state index >= 15 is 0 Å². The van der Waals surface area contributed by atoms with Crippen molar-refractivity contribution >= 4 is 12.0 Å². The van der Waals surface area contributed by atoms with E-state index in [0.717, 1.165) is 31.2 Å². The van der Waals surface area contributed by atoms with E-state index in [2.05, 4.69) is 10.6 Å². The molecule has 1 saturated carbocycles. The van der Waals surface area contributed by atoms with Crippen molar-refractivity contribution in [3.63, 3.8) is 0 Å². The first-order valence-corrected chi connectivity index (χ1v) is 9.50. The molecule has 0 unspecified atom stereocenters. The Bertz CT molecular complexity index is 573. The van der Waals surface area contributed by atoms with Crippen LogP contribution in [0.15, 0.2) is 30.3 Å². The summed E-state index contributed by atoms with van der Waals surface area (Å²) in [5.74, 6) is -0.0820. The Morgan fingerprint density at radius 2 is 1.81 bits per heavy atom. The lowest BCUT2D eigenvalue weighted by Gasteiger charge is -2.37. The zero-order chi connectivity index (χ0) is 19.4. The van der Waals surface area contributed by atoms with Gasteiger partial charge in [0.2, 0.25) is 5.91 Å². The van der Waals surface area contributed by atoms with Gasteiger partial charge < -0.3 is 24.8 Å². The fourth-order valence-electron chi connectivity index (χ4n) is 3.10. The van der Waals surface area contributed by atoms with Crippen LogP contribution in [-0.2, 0) is 25.6 Å². The fraction of sp³-hybridized carbons (Fsp3) is 0.600. The third-order valence-corrected chi connectivity index (χ3v) is 4.60. The summed E-state index contributed by atoms with van der Waals surface area (Å²) < 4.78 is 16.7. The van der Waals surface area contributed by atoms with Crippen LogP contribution in [0.3, 0.4) is 0 Å². The fourth-order valence-corrected chi connectivity index (χ4v) is 3.10. The minimum Gasteiger partial charge on any atom is -0.445 e. The van der Waals surface area contributed by atoms with Crippen molar-refractivity contribution in [2.75, 3.05) is 26.5 Å². The van der Waals surface area contributed by atoms with Crippen LogP contribution in [0.25, 0.3) is 0 Å². The number of benzene rings is 1. The SMILES string of the molecule is CC(=O)NCCOCOC1(CNC(=O)OCc2ccccc2)CCCCC1. The Morgan fingerprint density at radius 3 is 2.52 bits per heavy atom. The second-order valence-electron chi connectivity index (χ2n) is 6.81. The first kappa shape index (κ1) is 21.2. The number of ether oxygens (including phenoxy) is 3. The van der Waals surface area contributed by atoms with E-state index in [1.165, 1.54) is 13.3 Å². The van der Waals surface area contributed by atoms with Gasteiger partial charge in [0.25, 0.3) is 0 Å². The number of hydrogen-bond donors (Lipinski definition) is 2. The molecule has 0 bridgehead atoms. The summed E-state index contributed by atoms with van der Waals surface area (Å²) in [6, 6.07) is 9.57. The molecular formula is C20H30N2O5. The summed E-state index contributed by atoms with van der Waals surface area (Å²) >= 11 is 0. The number of carbonyl (C=O) groups is 2. The molecule has 2 rings (SSSR count). The van der Waals surface area contributed by atoms with Crippen molar-refractivity contribution in [3.05, 3.63) is 35.9 Å². The molecule has 0 aliphatic heterocycles. The highest BCUT2D eigenvalue weighted by molar-refractivity contribution is 5.72. The lowest BCUT2D eigenvalue weighted by Crippen LogP contribution is -2.47. The van der Waals surface area contributed by atoms with Crippen LogP contribution in [0.1, 0.15) is 44.6 Å². The van der Waals surface area contributed by atoms with Gasteiger partial charge in [0.1, 0.15) is 13.4 Å². The second-order valence-corrected chi connectivity index (χ2v) is 6.81. The number of alkyl carbamates (subject to hydrolysis) is 1. The highest BCUT2D eigenvalue weighted by atomic mass is 16.7. The standard InChI is InChI=1S/C20H30N2O5/c1-17(23)21-12-13-25-16-27-20(10-6-3-7-11-20)15-22-19(24)26-14-18-8-4-2-5-9-18/h2,4-5,8-9H,3,6-7,10-16H2,1H3,(H,21,23)(H,22,24). The average molecular weight is 378 g/mol. The summed E-state index contributed by atoms with van der Waals surface area (Å²) in [6.07, 6.45) is 4.60. The van der Waals surface area contributed by atoms with Crippen molar-refractivity contribution in [1.82, 2.24) is 10.6 Å². The van der Waals surface area contributed by atoms with Gasteiger partial charge in [-0.25, -0.2) is 4.79 Å². The minimum absolute atomic E-state index is 0.0820. The van der Waals surface area contributed by atoms with E-state index in [1.54, 1.807) is 0 Å². The summed E-state index contributed by atoms with van der Waals surface area (Å²) in [5.41, 5.74) is 0.529. The summed E-state index contributed by atoms with van der Waals surface area (Å²) in [5, 5.41) is 5.50. The van der Waals surface area contributed by atoms with Crippen LogP contribution in [0.5, 0.6) is 0 Å².